The summed E-state index contributed by atoms with van der Waals surface area (Å²) in [5, 5.41) is 3.01. The largest absolute Gasteiger partial charge is 0.380 e. The molecule has 0 atom stereocenters. The Hall–Kier alpha value is -2.17. The van der Waals surface area contributed by atoms with E-state index in [2.05, 4.69) is 22.3 Å². The molecule has 2 aromatic carbocycles. The molecule has 4 heteroatoms. The molecule has 0 aliphatic carbocycles. The highest BCUT2D eigenvalue weighted by atomic mass is 16.5. The molecule has 0 aromatic heterocycles. The monoisotopic (exact) mass is 338 g/mol. The Balaban J connectivity index is 1.64. The molecule has 1 N–H and O–H groups in total. The fourth-order valence-corrected chi connectivity index (χ4v) is 3.30. The van der Waals surface area contributed by atoms with E-state index in [1.165, 1.54) is 37.9 Å². The van der Waals surface area contributed by atoms with E-state index in [0.717, 1.165) is 17.8 Å². The molecule has 0 spiro atoms. The summed E-state index contributed by atoms with van der Waals surface area (Å²) in [6, 6.07) is 15.7. The smallest absolute Gasteiger partial charge is 0.255 e. The van der Waals surface area contributed by atoms with E-state index in [9.17, 15) is 4.79 Å². The van der Waals surface area contributed by atoms with E-state index in [4.69, 9.17) is 4.74 Å². The number of anilines is 1. The first-order valence-electron chi connectivity index (χ1n) is 8.95. The van der Waals surface area contributed by atoms with Gasteiger partial charge in [0.2, 0.25) is 0 Å². The van der Waals surface area contributed by atoms with Crippen molar-refractivity contribution < 1.29 is 9.53 Å². The molecule has 4 nitrogen and oxygen atoms in total. The van der Waals surface area contributed by atoms with Gasteiger partial charge in [-0.05, 0) is 61.3 Å². The summed E-state index contributed by atoms with van der Waals surface area (Å²) < 4.78 is 5.13. The molecular weight excluding hydrogens is 312 g/mol. The number of rotatable bonds is 6. The lowest BCUT2D eigenvalue weighted by Crippen LogP contribution is -2.29. The molecule has 1 fully saturated rings. The number of methoxy groups -OCH3 is 1. The Labute approximate surface area is 149 Å². The molecule has 1 aliphatic heterocycles. The van der Waals surface area contributed by atoms with Crippen molar-refractivity contribution >= 4 is 11.6 Å². The molecule has 132 valence electrons. The van der Waals surface area contributed by atoms with Gasteiger partial charge in [-0.1, -0.05) is 30.7 Å². The van der Waals surface area contributed by atoms with Crippen LogP contribution in [0.3, 0.4) is 0 Å². The molecule has 1 heterocycles. The SMILES string of the molecule is COCc1cccc(C(=O)Nc2cccc(CN3CCCCC3)c2)c1. The summed E-state index contributed by atoms with van der Waals surface area (Å²) in [6.07, 6.45) is 3.91. The van der Waals surface area contributed by atoms with Crippen LogP contribution < -0.4 is 5.32 Å². The summed E-state index contributed by atoms with van der Waals surface area (Å²) in [5.41, 5.74) is 3.73. The molecular formula is C21H26N2O2. The first kappa shape index (κ1) is 17.6. The average molecular weight is 338 g/mol. The molecule has 1 aliphatic rings. The van der Waals surface area contributed by atoms with Crippen molar-refractivity contribution in [3.63, 3.8) is 0 Å². The first-order valence-corrected chi connectivity index (χ1v) is 8.95. The van der Waals surface area contributed by atoms with E-state index < -0.39 is 0 Å². The van der Waals surface area contributed by atoms with Crippen LogP contribution in [0.4, 0.5) is 5.69 Å². The Morgan fingerprint density at radius 3 is 2.60 bits per heavy atom. The van der Waals surface area contributed by atoms with Gasteiger partial charge in [-0.15, -0.1) is 0 Å². The predicted octanol–water partition coefficient (Wildman–Crippen LogP) is 4.07. The van der Waals surface area contributed by atoms with Crippen molar-refractivity contribution in [1.29, 1.82) is 0 Å². The number of nitrogens with one attached hydrogen (secondary N) is 1. The highest BCUT2D eigenvalue weighted by molar-refractivity contribution is 6.04. The van der Waals surface area contributed by atoms with Crippen LogP contribution in [-0.4, -0.2) is 31.0 Å². The van der Waals surface area contributed by atoms with Crippen LogP contribution in [0.5, 0.6) is 0 Å². The van der Waals surface area contributed by atoms with Crippen molar-refractivity contribution in [3.8, 4) is 0 Å². The maximum atomic E-state index is 12.5. The molecule has 2 aromatic rings. The van der Waals surface area contributed by atoms with Gasteiger partial charge in [0.05, 0.1) is 6.61 Å². The Morgan fingerprint density at radius 1 is 1.04 bits per heavy atom. The summed E-state index contributed by atoms with van der Waals surface area (Å²) in [5.74, 6) is -0.0897. The standard InChI is InChI=1S/C21H26N2O2/c1-25-16-18-8-5-9-19(13-18)21(24)22-20-10-6-7-17(14-20)15-23-11-3-2-4-12-23/h5-10,13-14H,2-4,11-12,15-16H2,1H3,(H,22,24). The molecule has 0 radical (unpaired) electrons. The first-order chi connectivity index (χ1) is 12.2. The fraction of sp³-hybridized carbons (Fsp3) is 0.381. The minimum atomic E-state index is -0.0897. The minimum absolute atomic E-state index is 0.0897. The van der Waals surface area contributed by atoms with Gasteiger partial charge in [-0.3, -0.25) is 9.69 Å². The second-order valence-electron chi connectivity index (χ2n) is 6.62. The van der Waals surface area contributed by atoms with E-state index in [-0.39, 0.29) is 5.91 Å². The van der Waals surface area contributed by atoms with Gasteiger partial charge in [0.1, 0.15) is 0 Å². The third-order valence-electron chi connectivity index (χ3n) is 4.54. The van der Waals surface area contributed by atoms with Crippen molar-refractivity contribution in [2.75, 3.05) is 25.5 Å². The predicted molar refractivity (Wildman–Crippen MR) is 101 cm³/mol. The van der Waals surface area contributed by atoms with Crippen LogP contribution in [0.15, 0.2) is 48.5 Å². The highest BCUT2D eigenvalue weighted by Gasteiger charge is 2.11. The molecule has 1 saturated heterocycles. The van der Waals surface area contributed by atoms with Crippen molar-refractivity contribution in [1.82, 2.24) is 4.90 Å². The van der Waals surface area contributed by atoms with Gasteiger partial charge < -0.3 is 10.1 Å². The number of likely N-dealkylation sites (tertiary alicyclic amines) is 1. The third-order valence-corrected chi connectivity index (χ3v) is 4.54. The molecule has 25 heavy (non-hydrogen) atoms. The normalized spacial score (nSPS) is 15.1. The van der Waals surface area contributed by atoms with Gasteiger partial charge in [0, 0.05) is 24.9 Å². The number of piperidine rings is 1. The maximum absolute atomic E-state index is 12.5. The number of hydrogen-bond donors (Lipinski definition) is 1. The number of carbonyl (C=O) groups is 1. The number of hydrogen-bond acceptors (Lipinski definition) is 3. The summed E-state index contributed by atoms with van der Waals surface area (Å²) in [6.45, 7) is 3.80. The summed E-state index contributed by atoms with van der Waals surface area (Å²) in [7, 11) is 1.65. The number of amides is 1. The van der Waals surface area contributed by atoms with Crippen LogP contribution in [0.25, 0.3) is 0 Å². The van der Waals surface area contributed by atoms with Crippen LogP contribution >= 0.6 is 0 Å². The van der Waals surface area contributed by atoms with Gasteiger partial charge in [0.15, 0.2) is 0 Å². The lowest BCUT2D eigenvalue weighted by Gasteiger charge is -2.26. The van der Waals surface area contributed by atoms with E-state index in [1.54, 1.807) is 7.11 Å². The summed E-state index contributed by atoms with van der Waals surface area (Å²) >= 11 is 0. The molecule has 3 rings (SSSR count). The highest BCUT2D eigenvalue weighted by Crippen LogP contribution is 2.17. The maximum Gasteiger partial charge on any atom is 0.255 e. The van der Waals surface area contributed by atoms with Crippen molar-refractivity contribution in [2.24, 2.45) is 0 Å². The van der Waals surface area contributed by atoms with Crippen molar-refractivity contribution in [3.05, 3.63) is 65.2 Å². The molecule has 0 bridgehead atoms. The van der Waals surface area contributed by atoms with Crippen LogP contribution in [0.2, 0.25) is 0 Å². The second kappa shape index (κ2) is 8.79. The molecule has 0 saturated carbocycles. The fourth-order valence-electron chi connectivity index (χ4n) is 3.30. The van der Waals surface area contributed by atoms with E-state index in [0.29, 0.717) is 12.2 Å². The van der Waals surface area contributed by atoms with Gasteiger partial charge in [-0.25, -0.2) is 0 Å². The summed E-state index contributed by atoms with van der Waals surface area (Å²) in [4.78, 5) is 15.0. The van der Waals surface area contributed by atoms with Gasteiger partial charge in [-0.2, -0.15) is 0 Å². The van der Waals surface area contributed by atoms with E-state index >= 15 is 0 Å². The second-order valence-corrected chi connectivity index (χ2v) is 6.62. The van der Waals surface area contributed by atoms with Crippen LogP contribution in [0.1, 0.15) is 40.7 Å². The minimum Gasteiger partial charge on any atom is -0.380 e. The van der Waals surface area contributed by atoms with Crippen LogP contribution in [0, 0.1) is 0 Å². The Morgan fingerprint density at radius 2 is 1.80 bits per heavy atom. The van der Waals surface area contributed by atoms with Gasteiger partial charge in [0.25, 0.3) is 5.91 Å². The number of ether oxygens (including phenoxy) is 1. The zero-order valence-electron chi connectivity index (χ0n) is 14.8. The number of carbonyl (C=O) groups excluding carboxylic acids is 1. The number of benzene rings is 2. The van der Waals surface area contributed by atoms with Gasteiger partial charge >= 0.3 is 0 Å². The number of nitrogens with zero attached hydrogens (tertiary/aromatic N) is 1. The topological polar surface area (TPSA) is 41.6 Å². The molecule has 1 amide bonds. The Kier molecular flexibility index (Phi) is 6.20. The zero-order chi connectivity index (χ0) is 17.5. The zero-order valence-corrected chi connectivity index (χ0v) is 14.8. The Bertz CT molecular complexity index is 709. The third kappa shape index (κ3) is 5.15. The quantitative estimate of drug-likeness (QED) is 0.863. The average Bonchev–Trinajstić information content (AvgIpc) is 2.63. The van der Waals surface area contributed by atoms with E-state index in [1.807, 2.05) is 36.4 Å². The lowest BCUT2D eigenvalue weighted by atomic mass is 10.1. The van der Waals surface area contributed by atoms with Crippen molar-refractivity contribution in [2.45, 2.75) is 32.4 Å². The molecule has 0 unspecified atom stereocenters. The lowest BCUT2D eigenvalue weighted by molar-refractivity contribution is 0.102. The van der Waals surface area contributed by atoms with Crippen LogP contribution in [-0.2, 0) is 17.9 Å².